The van der Waals surface area contributed by atoms with Gasteiger partial charge in [-0.05, 0) is 43.5 Å². The van der Waals surface area contributed by atoms with E-state index in [2.05, 4.69) is 0 Å². The van der Waals surface area contributed by atoms with Crippen LogP contribution in [-0.4, -0.2) is 80.8 Å². The molecule has 7 heteroatoms. The Bertz CT molecular complexity index is 668. The maximum Gasteiger partial charge on any atom is 0.254 e. The van der Waals surface area contributed by atoms with Crippen LogP contribution in [0.5, 0.6) is 5.75 Å². The summed E-state index contributed by atoms with van der Waals surface area (Å²) in [5.74, 6) is 0.844. The van der Waals surface area contributed by atoms with Crippen molar-refractivity contribution in [3.05, 3.63) is 29.8 Å². The number of amides is 2. The number of hydrogen-bond donors (Lipinski definition) is 0. The standard InChI is InChI=1S/C22H32N2O5/c1-27-15-18-5-3-4-12-24(18)22(26)17-6-8-19(9-7-17)29-20-10-13-23(14-11-20)21(25)16-28-2/h6-9,18,20H,3-5,10-16H2,1-2H3/t18-/m1/s1. The van der Waals surface area contributed by atoms with Crippen LogP contribution in [0.3, 0.4) is 0 Å². The molecule has 0 aliphatic carbocycles. The second kappa shape index (κ2) is 10.6. The van der Waals surface area contributed by atoms with Gasteiger partial charge >= 0.3 is 0 Å². The third kappa shape index (κ3) is 5.70. The minimum absolute atomic E-state index is 0.0262. The van der Waals surface area contributed by atoms with Crippen LogP contribution in [0.25, 0.3) is 0 Å². The highest BCUT2D eigenvalue weighted by molar-refractivity contribution is 5.94. The molecule has 0 N–H and O–H groups in total. The molecule has 0 radical (unpaired) electrons. The molecule has 1 aromatic rings. The number of methoxy groups -OCH3 is 2. The van der Waals surface area contributed by atoms with Gasteiger partial charge in [-0.1, -0.05) is 0 Å². The van der Waals surface area contributed by atoms with E-state index in [9.17, 15) is 9.59 Å². The molecular formula is C22H32N2O5. The summed E-state index contributed by atoms with van der Waals surface area (Å²) in [6.07, 6.45) is 4.84. The fourth-order valence-electron chi connectivity index (χ4n) is 4.11. The Balaban J connectivity index is 1.52. The normalized spacial score (nSPS) is 20.6. The molecule has 1 aromatic carbocycles. The molecule has 2 heterocycles. The Hall–Kier alpha value is -2.12. The molecule has 0 saturated carbocycles. The van der Waals surface area contributed by atoms with Crippen LogP contribution >= 0.6 is 0 Å². The van der Waals surface area contributed by atoms with E-state index in [4.69, 9.17) is 14.2 Å². The van der Waals surface area contributed by atoms with E-state index in [-0.39, 0.29) is 30.6 Å². The van der Waals surface area contributed by atoms with Crippen LogP contribution in [0.4, 0.5) is 0 Å². The number of ether oxygens (including phenoxy) is 3. The van der Waals surface area contributed by atoms with Crippen LogP contribution in [0.15, 0.2) is 24.3 Å². The highest BCUT2D eigenvalue weighted by Gasteiger charge is 2.28. The summed E-state index contributed by atoms with van der Waals surface area (Å²) < 4.78 is 16.3. The molecule has 2 aliphatic rings. The van der Waals surface area contributed by atoms with E-state index in [1.807, 2.05) is 34.1 Å². The number of benzene rings is 1. The molecule has 1 atom stereocenters. The summed E-state index contributed by atoms with van der Waals surface area (Å²) in [5, 5.41) is 0. The van der Waals surface area contributed by atoms with Crippen molar-refractivity contribution in [2.45, 2.75) is 44.2 Å². The van der Waals surface area contributed by atoms with Crippen molar-refractivity contribution in [2.24, 2.45) is 0 Å². The van der Waals surface area contributed by atoms with Crippen molar-refractivity contribution in [2.75, 3.05) is 47.1 Å². The van der Waals surface area contributed by atoms with Crippen LogP contribution < -0.4 is 4.74 Å². The topological polar surface area (TPSA) is 68.3 Å². The number of rotatable bonds is 7. The number of nitrogens with zero attached hydrogens (tertiary/aromatic N) is 2. The Morgan fingerprint density at radius 2 is 1.69 bits per heavy atom. The van der Waals surface area contributed by atoms with Gasteiger partial charge in [0.1, 0.15) is 18.5 Å². The number of carbonyl (C=O) groups is 2. The third-order valence-electron chi connectivity index (χ3n) is 5.71. The predicted molar refractivity (Wildman–Crippen MR) is 109 cm³/mol. The number of piperidine rings is 2. The molecule has 0 bridgehead atoms. The van der Waals surface area contributed by atoms with Crippen LogP contribution in [0.1, 0.15) is 42.5 Å². The van der Waals surface area contributed by atoms with Gasteiger partial charge in [-0.25, -0.2) is 0 Å². The Kier molecular flexibility index (Phi) is 7.89. The van der Waals surface area contributed by atoms with Gasteiger partial charge in [0.05, 0.1) is 12.6 Å². The van der Waals surface area contributed by atoms with Gasteiger partial charge in [-0.3, -0.25) is 9.59 Å². The zero-order valence-electron chi connectivity index (χ0n) is 17.5. The Morgan fingerprint density at radius 3 is 2.34 bits per heavy atom. The molecule has 0 aromatic heterocycles. The lowest BCUT2D eigenvalue weighted by Crippen LogP contribution is -2.46. The summed E-state index contributed by atoms with van der Waals surface area (Å²) in [6, 6.07) is 7.57. The zero-order valence-corrected chi connectivity index (χ0v) is 17.5. The molecule has 29 heavy (non-hydrogen) atoms. The number of carbonyl (C=O) groups excluding carboxylic acids is 2. The molecule has 2 fully saturated rings. The van der Waals surface area contributed by atoms with Gasteiger partial charge in [0.25, 0.3) is 5.91 Å². The quantitative estimate of drug-likeness (QED) is 0.698. The van der Waals surface area contributed by atoms with E-state index in [0.29, 0.717) is 25.3 Å². The minimum atomic E-state index is 0.0262. The highest BCUT2D eigenvalue weighted by Crippen LogP contribution is 2.23. The first-order valence-corrected chi connectivity index (χ1v) is 10.5. The maximum atomic E-state index is 12.9. The van der Waals surface area contributed by atoms with Crippen molar-refractivity contribution >= 4 is 11.8 Å². The van der Waals surface area contributed by atoms with E-state index in [0.717, 1.165) is 44.4 Å². The average molecular weight is 405 g/mol. The van der Waals surface area contributed by atoms with E-state index < -0.39 is 0 Å². The van der Waals surface area contributed by atoms with Gasteiger partial charge in [0.15, 0.2) is 0 Å². The smallest absolute Gasteiger partial charge is 0.254 e. The van der Waals surface area contributed by atoms with Crippen molar-refractivity contribution in [3.8, 4) is 5.75 Å². The van der Waals surface area contributed by atoms with E-state index in [1.54, 1.807) is 7.11 Å². The highest BCUT2D eigenvalue weighted by atomic mass is 16.5. The molecular weight excluding hydrogens is 372 g/mol. The fourth-order valence-corrected chi connectivity index (χ4v) is 4.11. The van der Waals surface area contributed by atoms with Crippen molar-refractivity contribution < 1.29 is 23.8 Å². The van der Waals surface area contributed by atoms with Gasteiger partial charge < -0.3 is 24.0 Å². The first-order chi connectivity index (χ1) is 14.1. The maximum absolute atomic E-state index is 12.9. The van der Waals surface area contributed by atoms with E-state index >= 15 is 0 Å². The average Bonchev–Trinajstić information content (AvgIpc) is 2.75. The van der Waals surface area contributed by atoms with Gasteiger partial charge in [-0.15, -0.1) is 0 Å². The molecule has 160 valence electrons. The minimum Gasteiger partial charge on any atom is -0.490 e. The van der Waals surface area contributed by atoms with Gasteiger partial charge in [0, 0.05) is 52.3 Å². The van der Waals surface area contributed by atoms with Gasteiger partial charge in [0.2, 0.25) is 5.91 Å². The van der Waals surface area contributed by atoms with Gasteiger partial charge in [-0.2, -0.15) is 0 Å². The monoisotopic (exact) mass is 404 g/mol. The lowest BCUT2D eigenvalue weighted by molar-refractivity contribution is -0.136. The van der Waals surface area contributed by atoms with Crippen LogP contribution in [0, 0.1) is 0 Å². The summed E-state index contributed by atoms with van der Waals surface area (Å²) in [7, 11) is 3.21. The molecule has 2 amide bonds. The lowest BCUT2D eigenvalue weighted by atomic mass is 10.0. The molecule has 2 saturated heterocycles. The van der Waals surface area contributed by atoms with E-state index in [1.165, 1.54) is 7.11 Å². The van der Waals surface area contributed by atoms with Crippen LogP contribution in [-0.2, 0) is 14.3 Å². The number of likely N-dealkylation sites (tertiary alicyclic amines) is 2. The Labute approximate surface area is 172 Å². The second-order valence-electron chi connectivity index (χ2n) is 7.76. The molecule has 0 spiro atoms. The first-order valence-electron chi connectivity index (χ1n) is 10.5. The lowest BCUT2D eigenvalue weighted by Gasteiger charge is -2.35. The van der Waals surface area contributed by atoms with Crippen LogP contribution in [0.2, 0.25) is 0 Å². The summed E-state index contributed by atoms with van der Waals surface area (Å²) in [4.78, 5) is 28.6. The molecule has 2 aliphatic heterocycles. The Morgan fingerprint density at radius 1 is 0.966 bits per heavy atom. The van der Waals surface area contributed by atoms with Crippen molar-refractivity contribution in [1.82, 2.24) is 9.80 Å². The fraction of sp³-hybridized carbons (Fsp3) is 0.636. The second-order valence-corrected chi connectivity index (χ2v) is 7.76. The zero-order chi connectivity index (χ0) is 20.6. The summed E-state index contributed by atoms with van der Waals surface area (Å²) >= 11 is 0. The summed E-state index contributed by atoms with van der Waals surface area (Å²) in [5.41, 5.74) is 0.681. The molecule has 7 nitrogen and oxygen atoms in total. The third-order valence-corrected chi connectivity index (χ3v) is 5.71. The van der Waals surface area contributed by atoms with Crippen molar-refractivity contribution in [1.29, 1.82) is 0 Å². The first kappa shape index (κ1) is 21.6. The number of hydrogen-bond acceptors (Lipinski definition) is 5. The molecule has 3 rings (SSSR count). The summed E-state index contributed by atoms with van der Waals surface area (Å²) in [6.45, 7) is 2.85. The molecule has 0 unspecified atom stereocenters. The van der Waals surface area contributed by atoms with Crippen molar-refractivity contribution in [3.63, 3.8) is 0 Å². The largest absolute Gasteiger partial charge is 0.490 e. The SMILES string of the molecule is COCC(=O)N1CCC(Oc2ccc(C(=O)N3CCCC[C@@H]3COC)cc2)CC1. The predicted octanol–water partition coefficient (Wildman–Crippen LogP) is 2.34.